The third kappa shape index (κ3) is 2.12. The molecule has 17 heavy (non-hydrogen) atoms. The van der Waals surface area contributed by atoms with Gasteiger partial charge in [0.05, 0.1) is 18.4 Å². The first-order valence-electron chi connectivity index (χ1n) is 5.10. The number of tetrazole rings is 1. The summed E-state index contributed by atoms with van der Waals surface area (Å²) >= 11 is 0. The van der Waals surface area contributed by atoms with Crippen LogP contribution in [0.1, 0.15) is 23.1 Å². The second kappa shape index (κ2) is 4.69. The van der Waals surface area contributed by atoms with Gasteiger partial charge < -0.3 is 4.74 Å². The number of nitrogens with zero attached hydrogens (tertiary/aromatic N) is 5. The highest BCUT2D eigenvalue weighted by Gasteiger charge is 2.16. The Morgan fingerprint density at radius 2 is 2.35 bits per heavy atom. The van der Waals surface area contributed by atoms with Crippen molar-refractivity contribution in [2.24, 2.45) is 0 Å². The van der Waals surface area contributed by atoms with Gasteiger partial charge in [0.25, 0.3) is 0 Å². The van der Waals surface area contributed by atoms with Crippen LogP contribution >= 0.6 is 0 Å². The Kier molecular flexibility index (Phi) is 3.08. The summed E-state index contributed by atoms with van der Waals surface area (Å²) in [6, 6.07) is 1.58. The molecule has 0 amide bonds. The molecule has 0 aromatic carbocycles. The number of rotatable bonds is 3. The number of carbonyl (C=O) groups is 1. The van der Waals surface area contributed by atoms with Crippen LogP contribution in [0.15, 0.2) is 18.5 Å². The highest BCUT2D eigenvalue weighted by molar-refractivity contribution is 5.93. The molecule has 0 saturated heterocycles. The van der Waals surface area contributed by atoms with Crippen LogP contribution in [0.5, 0.6) is 0 Å². The van der Waals surface area contributed by atoms with Gasteiger partial charge in [-0.2, -0.15) is 4.68 Å². The fraction of sp³-hybridized carbons (Fsp3) is 0.300. The molecule has 7 nitrogen and oxygen atoms in total. The molecule has 0 spiro atoms. The minimum Gasteiger partial charge on any atom is -0.462 e. The van der Waals surface area contributed by atoms with Crippen molar-refractivity contribution in [3.8, 4) is 5.69 Å². The van der Waals surface area contributed by atoms with E-state index in [1.54, 1.807) is 19.9 Å². The van der Waals surface area contributed by atoms with E-state index in [2.05, 4.69) is 20.5 Å². The monoisotopic (exact) mass is 233 g/mol. The summed E-state index contributed by atoms with van der Waals surface area (Å²) in [4.78, 5) is 15.7. The van der Waals surface area contributed by atoms with Gasteiger partial charge >= 0.3 is 5.97 Å². The Labute approximate surface area is 97.4 Å². The fourth-order valence-electron chi connectivity index (χ4n) is 1.39. The van der Waals surface area contributed by atoms with Gasteiger partial charge in [-0.25, -0.2) is 4.79 Å². The fourth-order valence-corrected chi connectivity index (χ4v) is 1.39. The van der Waals surface area contributed by atoms with E-state index in [1.165, 1.54) is 17.1 Å². The summed E-state index contributed by atoms with van der Waals surface area (Å²) < 4.78 is 6.40. The lowest BCUT2D eigenvalue weighted by Crippen LogP contribution is -2.11. The Hall–Kier alpha value is -2.31. The van der Waals surface area contributed by atoms with Gasteiger partial charge in [0, 0.05) is 6.20 Å². The number of esters is 1. The molecule has 88 valence electrons. The smallest absolute Gasteiger partial charge is 0.340 e. The number of carbonyl (C=O) groups excluding carboxylic acids is 1. The Balaban J connectivity index is 2.48. The highest BCUT2D eigenvalue weighted by Crippen LogP contribution is 2.13. The SMILES string of the molecule is CCOC(=O)c1ccncc1-n1nnnc1C. The van der Waals surface area contributed by atoms with E-state index in [-0.39, 0.29) is 0 Å². The summed E-state index contributed by atoms with van der Waals surface area (Å²) in [5, 5.41) is 11.1. The van der Waals surface area contributed by atoms with E-state index in [0.29, 0.717) is 23.7 Å². The molecule has 0 atom stereocenters. The van der Waals surface area contributed by atoms with E-state index in [1.807, 2.05) is 0 Å². The summed E-state index contributed by atoms with van der Waals surface area (Å²) in [6.07, 6.45) is 3.05. The van der Waals surface area contributed by atoms with Gasteiger partial charge in [0.15, 0.2) is 5.82 Å². The number of pyridine rings is 1. The predicted molar refractivity (Wildman–Crippen MR) is 57.6 cm³/mol. The van der Waals surface area contributed by atoms with Gasteiger partial charge in [-0.3, -0.25) is 4.98 Å². The molecule has 2 heterocycles. The maximum absolute atomic E-state index is 11.7. The summed E-state index contributed by atoms with van der Waals surface area (Å²) in [6.45, 7) is 3.80. The second-order valence-electron chi connectivity index (χ2n) is 3.25. The van der Waals surface area contributed by atoms with Crippen LogP contribution in [0.2, 0.25) is 0 Å². The number of hydrogen-bond donors (Lipinski definition) is 0. The quantitative estimate of drug-likeness (QED) is 0.719. The first-order chi connectivity index (χ1) is 8.24. The van der Waals surface area contributed by atoms with E-state index in [4.69, 9.17) is 4.74 Å². The van der Waals surface area contributed by atoms with Gasteiger partial charge in [-0.05, 0) is 30.3 Å². The molecule has 0 fully saturated rings. The zero-order chi connectivity index (χ0) is 12.3. The molecule has 0 N–H and O–H groups in total. The van der Waals surface area contributed by atoms with Gasteiger partial charge in [-0.15, -0.1) is 5.10 Å². The van der Waals surface area contributed by atoms with Crippen LogP contribution in [-0.2, 0) is 4.74 Å². The van der Waals surface area contributed by atoms with E-state index in [0.717, 1.165) is 0 Å². The van der Waals surface area contributed by atoms with Crippen LogP contribution in [0.3, 0.4) is 0 Å². The first kappa shape index (κ1) is 11.2. The summed E-state index contributed by atoms with van der Waals surface area (Å²) in [5.74, 6) is 0.156. The molecule has 0 saturated carbocycles. The lowest BCUT2D eigenvalue weighted by atomic mass is 10.2. The standard InChI is InChI=1S/C10H11N5O2/c1-3-17-10(16)8-4-5-11-6-9(8)15-7(2)12-13-14-15/h4-6H,3H2,1-2H3. The minimum absolute atomic E-state index is 0.315. The van der Waals surface area contributed by atoms with Gasteiger partial charge in [-0.1, -0.05) is 0 Å². The number of ether oxygens (including phenoxy) is 1. The maximum Gasteiger partial charge on any atom is 0.340 e. The van der Waals surface area contributed by atoms with E-state index >= 15 is 0 Å². The molecule has 0 bridgehead atoms. The highest BCUT2D eigenvalue weighted by atomic mass is 16.5. The number of aryl methyl sites for hydroxylation is 1. The van der Waals surface area contributed by atoms with E-state index in [9.17, 15) is 4.79 Å². The predicted octanol–water partition coefficient (Wildman–Crippen LogP) is 0.542. The van der Waals surface area contributed by atoms with Crippen LogP contribution < -0.4 is 0 Å². The average Bonchev–Trinajstić information content (AvgIpc) is 2.76. The lowest BCUT2D eigenvalue weighted by molar-refractivity contribution is 0.0526. The largest absolute Gasteiger partial charge is 0.462 e. The van der Waals surface area contributed by atoms with Crippen molar-refractivity contribution < 1.29 is 9.53 Å². The molecule has 0 aliphatic carbocycles. The molecule has 7 heteroatoms. The van der Waals surface area contributed by atoms with Crippen LogP contribution in [0, 0.1) is 6.92 Å². The van der Waals surface area contributed by atoms with E-state index < -0.39 is 5.97 Å². The van der Waals surface area contributed by atoms with Crippen LogP contribution in [0.4, 0.5) is 0 Å². The third-order valence-corrected chi connectivity index (χ3v) is 2.15. The van der Waals surface area contributed by atoms with Crippen molar-refractivity contribution in [1.29, 1.82) is 0 Å². The average molecular weight is 233 g/mol. The molecule has 2 rings (SSSR count). The van der Waals surface area contributed by atoms with Crippen molar-refractivity contribution in [3.05, 3.63) is 29.8 Å². The second-order valence-corrected chi connectivity index (χ2v) is 3.25. The number of hydrogen-bond acceptors (Lipinski definition) is 6. The van der Waals surface area contributed by atoms with Crippen molar-refractivity contribution in [3.63, 3.8) is 0 Å². The molecule has 2 aromatic heterocycles. The molecular weight excluding hydrogens is 222 g/mol. The van der Waals surface area contributed by atoms with Crippen molar-refractivity contribution >= 4 is 5.97 Å². The Morgan fingerprint density at radius 1 is 1.53 bits per heavy atom. The summed E-state index contributed by atoms with van der Waals surface area (Å²) in [7, 11) is 0. The Morgan fingerprint density at radius 3 is 3.00 bits per heavy atom. The third-order valence-electron chi connectivity index (χ3n) is 2.15. The van der Waals surface area contributed by atoms with Crippen LogP contribution in [-0.4, -0.2) is 37.8 Å². The zero-order valence-electron chi connectivity index (χ0n) is 9.49. The zero-order valence-corrected chi connectivity index (χ0v) is 9.49. The molecule has 0 radical (unpaired) electrons. The van der Waals surface area contributed by atoms with Crippen molar-refractivity contribution in [2.75, 3.05) is 6.61 Å². The van der Waals surface area contributed by atoms with Gasteiger partial charge in [0.2, 0.25) is 0 Å². The minimum atomic E-state index is -0.417. The van der Waals surface area contributed by atoms with Gasteiger partial charge in [0.1, 0.15) is 5.69 Å². The molecule has 0 aliphatic heterocycles. The molecule has 0 unspecified atom stereocenters. The summed E-state index contributed by atoms with van der Waals surface area (Å²) in [5.41, 5.74) is 0.894. The lowest BCUT2D eigenvalue weighted by Gasteiger charge is -2.07. The Bertz CT molecular complexity index is 537. The molecule has 0 aliphatic rings. The molecule has 2 aromatic rings. The first-order valence-corrected chi connectivity index (χ1v) is 5.10. The molecular formula is C10H11N5O2. The van der Waals surface area contributed by atoms with Crippen molar-refractivity contribution in [1.82, 2.24) is 25.2 Å². The maximum atomic E-state index is 11.7. The number of aromatic nitrogens is 5. The van der Waals surface area contributed by atoms with Crippen molar-refractivity contribution in [2.45, 2.75) is 13.8 Å². The normalized spacial score (nSPS) is 10.2. The topological polar surface area (TPSA) is 82.8 Å². The van der Waals surface area contributed by atoms with Crippen LogP contribution in [0.25, 0.3) is 5.69 Å².